The van der Waals surface area contributed by atoms with Crippen LogP contribution >= 0.6 is 0 Å². The molecule has 0 aliphatic heterocycles. The summed E-state index contributed by atoms with van der Waals surface area (Å²) in [5.74, 6) is 0.227. The number of pyridine rings is 1. The minimum absolute atomic E-state index is 0.0135. The van der Waals surface area contributed by atoms with E-state index in [-0.39, 0.29) is 17.0 Å². The van der Waals surface area contributed by atoms with E-state index in [4.69, 9.17) is 4.74 Å². The van der Waals surface area contributed by atoms with Crippen LogP contribution < -0.4 is 4.74 Å². The molecule has 4 aromatic carbocycles. The zero-order chi connectivity index (χ0) is 26.9. The van der Waals surface area contributed by atoms with Crippen LogP contribution in [0.3, 0.4) is 0 Å². The Morgan fingerprint density at radius 1 is 0.658 bits per heavy atom. The summed E-state index contributed by atoms with van der Waals surface area (Å²) in [6, 6.07) is 24.4. The highest BCUT2D eigenvalue weighted by molar-refractivity contribution is 5.98. The molecule has 38 heavy (non-hydrogen) atoms. The van der Waals surface area contributed by atoms with Gasteiger partial charge in [0.2, 0.25) is 0 Å². The molecule has 0 aliphatic rings. The van der Waals surface area contributed by atoms with E-state index < -0.39 is 23.5 Å². The molecule has 2 nitrogen and oxygen atoms in total. The molecule has 0 spiro atoms. The molecule has 0 atom stereocenters. The molecule has 192 valence electrons. The van der Waals surface area contributed by atoms with Crippen LogP contribution in [0, 0.1) is 0 Å². The summed E-state index contributed by atoms with van der Waals surface area (Å²) in [7, 11) is 0. The first-order chi connectivity index (χ1) is 18.1. The number of halogens is 6. The van der Waals surface area contributed by atoms with Crippen LogP contribution in [0.15, 0.2) is 103 Å². The molecule has 0 saturated carbocycles. The summed E-state index contributed by atoms with van der Waals surface area (Å²) < 4.78 is 86.5. The number of aromatic nitrogens is 1. The van der Waals surface area contributed by atoms with Gasteiger partial charge >= 0.3 is 12.4 Å². The van der Waals surface area contributed by atoms with Crippen LogP contribution in [0.4, 0.5) is 26.3 Å². The molecule has 0 saturated heterocycles. The van der Waals surface area contributed by atoms with Crippen molar-refractivity contribution >= 4 is 10.9 Å². The Balaban J connectivity index is 1.64. The van der Waals surface area contributed by atoms with Gasteiger partial charge in [-0.3, -0.25) is 4.98 Å². The molecule has 5 rings (SSSR count). The van der Waals surface area contributed by atoms with E-state index in [0.29, 0.717) is 28.5 Å². The van der Waals surface area contributed by atoms with Crippen LogP contribution in [0.25, 0.3) is 22.0 Å². The van der Waals surface area contributed by atoms with E-state index in [1.165, 1.54) is 24.4 Å². The van der Waals surface area contributed by atoms with Crippen molar-refractivity contribution in [1.29, 1.82) is 0 Å². The Bertz CT molecular complexity index is 1590. The molecule has 1 aromatic heterocycles. The number of alkyl halides is 6. The fourth-order valence-corrected chi connectivity index (χ4v) is 4.37. The lowest BCUT2D eigenvalue weighted by atomic mass is 9.92. The second-order valence-electron chi connectivity index (χ2n) is 8.68. The van der Waals surface area contributed by atoms with Gasteiger partial charge in [-0.05, 0) is 65.1 Å². The van der Waals surface area contributed by atoms with Crippen molar-refractivity contribution in [3.05, 3.63) is 126 Å². The van der Waals surface area contributed by atoms with Gasteiger partial charge in [0.25, 0.3) is 0 Å². The largest absolute Gasteiger partial charge is 0.457 e. The zero-order valence-electron chi connectivity index (χ0n) is 19.6. The minimum atomic E-state index is -4.60. The average molecular weight is 523 g/mol. The Hall–Kier alpha value is -4.33. The van der Waals surface area contributed by atoms with E-state index in [1.54, 1.807) is 30.3 Å². The first-order valence-corrected chi connectivity index (χ1v) is 11.6. The Labute approximate surface area is 214 Å². The second kappa shape index (κ2) is 9.85. The van der Waals surface area contributed by atoms with Gasteiger partial charge < -0.3 is 4.74 Å². The third-order valence-corrected chi connectivity index (χ3v) is 6.04. The topological polar surface area (TPSA) is 22.1 Å². The van der Waals surface area contributed by atoms with Crippen molar-refractivity contribution in [2.45, 2.75) is 18.8 Å². The predicted molar refractivity (Wildman–Crippen MR) is 133 cm³/mol. The molecule has 0 radical (unpaired) electrons. The summed E-state index contributed by atoms with van der Waals surface area (Å²) in [5.41, 5.74) is 0.843. The number of fused-ring (bicyclic) bond motifs is 1. The van der Waals surface area contributed by atoms with Crippen molar-refractivity contribution in [3.8, 4) is 22.6 Å². The maximum Gasteiger partial charge on any atom is 0.418 e. The van der Waals surface area contributed by atoms with Crippen LogP contribution in [-0.2, 0) is 18.8 Å². The third kappa shape index (κ3) is 5.34. The normalized spacial score (nSPS) is 12.1. The summed E-state index contributed by atoms with van der Waals surface area (Å²) >= 11 is 0. The average Bonchev–Trinajstić information content (AvgIpc) is 2.88. The van der Waals surface area contributed by atoms with Crippen LogP contribution in [0.5, 0.6) is 11.5 Å². The Morgan fingerprint density at radius 3 is 2.05 bits per heavy atom. The molecule has 0 amide bonds. The minimum Gasteiger partial charge on any atom is -0.457 e. The van der Waals surface area contributed by atoms with Gasteiger partial charge in [-0.15, -0.1) is 0 Å². The molecule has 0 fully saturated rings. The second-order valence-corrected chi connectivity index (χ2v) is 8.68. The molecule has 1 heterocycles. The van der Waals surface area contributed by atoms with Crippen LogP contribution in [0.1, 0.15) is 22.3 Å². The van der Waals surface area contributed by atoms with Gasteiger partial charge in [-0.1, -0.05) is 60.7 Å². The number of hydrogen-bond donors (Lipinski definition) is 0. The molecule has 0 bridgehead atoms. The number of nitrogens with zero attached hydrogens (tertiary/aromatic N) is 1. The first-order valence-electron chi connectivity index (χ1n) is 11.6. The molecular weight excluding hydrogens is 504 g/mol. The molecular formula is C30H19F6NO. The number of ether oxygens (including phenoxy) is 1. The highest BCUT2D eigenvalue weighted by Gasteiger charge is 2.34. The lowest BCUT2D eigenvalue weighted by molar-refractivity contribution is -0.138. The van der Waals surface area contributed by atoms with Gasteiger partial charge in [-0.25, -0.2) is 0 Å². The maximum atomic E-state index is 13.8. The van der Waals surface area contributed by atoms with Gasteiger partial charge in [0, 0.05) is 11.6 Å². The van der Waals surface area contributed by atoms with Crippen LogP contribution in [-0.4, -0.2) is 4.98 Å². The van der Waals surface area contributed by atoms with Gasteiger partial charge in [-0.2, -0.15) is 26.3 Å². The monoisotopic (exact) mass is 523 g/mol. The predicted octanol–water partition coefficient (Wildman–Crippen LogP) is 9.32. The van der Waals surface area contributed by atoms with Crippen molar-refractivity contribution in [2.24, 2.45) is 0 Å². The number of benzene rings is 4. The number of rotatable bonds is 5. The van der Waals surface area contributed by atoms with Crippen molar-refractivity contribution in [1.82, 2.24) is 4.98 Å². The maximum absolute atomic E-state index is 13.8. The fraction of sp³-hybridized carbons (Fsp3) is 0.100. The highest BCUT2D eigenvalue weighted by atomic mass is 19.4. The third-order valence-electron chi connectivity index (χ3n) is 6.04. The first kappa shape index (κ1) is 25.3. The van der Waals surface area contributed by atoms with E-state index in [2.05, 4.69) is 4.98 Å². The fourth-order valence-electron chi connectivity index (χ4n) is 4.37. The summed E-state index contributed by atoms with van der Waals surface area (Å²) in [6.07, 6.45) is -7.27. The molecule has 5 aromatic rings. The van der Waals surface area contributed by atoms with Crippen molar-refractivity contribution in [3.63, 3.8) is 0 Å². The van der Waals surface area contributed by atoms with E-state index in [9.17, 15) is 26.3 Å². The van der Waals surface area contributed by atoms with E-state index >= 15 is 0 Å². The highest BCUT2D eigenvalue weighted by Crippen LogP contribution is 2.40. The summed E-state index contributed by atoms with van der Waals surface area (Å²) in [6.45, 7) is 0. The van der Waals surface area contributed by atoms with E-state index in [0.717, 1.165) is 23.8 Å². The number of para-hydroxylation sites is 1. The SMILES string of the molecule is FC(F)(F)c1cccc(Oc2cccc(-c3c(Cc4ccccc4)cnc4c(C(F)(F)F)cccc34)c2)c1. The lowest BCUT2D eigenvalue weighted by Crippen LogP contribution is -2.07. The summed E-state index contributed by atoms with van der Waals surface area (Å²) in [4.78, 5) is 4.19. The standard InChI is InChI=1S/C30H19F6NO/c31-29(32,33)22-10-5-12-24(17-22)38-23-11-4-9-20(16-23)27-21(15-19-7-2-1-3-8-19)18-37-28-25(27)13-6-14-26(28)30(34,35)36/h1-14,16-18H,15H2. The quantitative estimate of drug-likeness (QED) is 0.214. The van der Waals surface area contributed by atoms with Crippen molar-refractivity contribution < 1.29 is 31.1 Å². The van der Waals surface area contributed by atoms with Gasteiger partial charge in [0.05, 0.1) is 16.6 Å². The Kier molecular flexibility index (Phi) is 6.57. The summed E-state index contributed by atoms with van der Waals surface area (Å²) in [5, 5.41) is 0.310. The van der Waals surface area contributed by atoms with E-state index in [1.807, 2.05) is 30.3 Å². The molecule has 0 unspecified atom stereocenters. The lowest BCUT2D eigenvalue weighted by Gasteiger charge is -2.17. The molecule has 8 heteroatoms. The van der Waals surface area contributed by atoms with Gasteiger partial charge in [0.15, 0.2) is 0 Å². The van der Waals surface area contributed by atoms with Crippen molar-refractivity contribution in [2.75, 3.05) is 0 Å². The Morgan fingerprint density at radius 2 is 1.34 bits per heavy atom. The molecule has 0 N–H and O–H groups in total. The zero-order valence-corrected chi connectivity index (χ0v) is 19.6. The van der Waals surface area contributed by atoms with Crippen LogP contribution in [0.2, 0.25) is 0 Å². The molecule has 0 aliphatic carbocycles. The smallest absolute Gasteiger partial charge is 0.418 e. The van der Waals surface area contributed by atoms with Gasteiger partial charge in [0.1, 0.15) is 11.5 Å². The number of hydrogen-bond acceptors (Lipinski definition) is 2.